The number of tetrazole rings is 1. The maximum Gasteiger partial charge on any atom is 0.225 e. The third kappa shape index (κ3) is 2.90. The minimum absolute atomic E-state index is 0.645. The molecule has 1 aromatic heterocycles. The van der Waals surface area contributed by atoms with E-state index in [0.717, 1.165) is 49.8 Å². The van der Waals surface area contributed by atoms with Gasteiger partial charge < -0.3 is 9.64 Å². The Kier molecular flexibility index (Phi) is 4.14. The molecular formula is C14H20N5OS+. The number of aromatic nitrogens is 4. The second kappa shape index (κ2) is 6.05. The molecule has 0 aliphatic carbocycles. The molecule has 1 fully saturated rings. The first-order valence-electron chi connectivity index (χ1n) is 7.17. The van der Waals surface area contributed by atoms with Crippen LogP contribution in [0.2, 0.25) is 0 Å². The summed E-state index contributed by atoms with van der Waals surface area (Å²) >= 11 is 5.55. The highest BCUT2D eigenvalue weighted by Crippen LogP contribution is 2.17. The van der Waals surface area contributed by atoms with Crippen LogP contribution < -0.4 is 4.90 Å². The summed E-state index contributed by atoms with van der Waals surface area (Å²) in [5.41, 5.74) is 3.33. The zero-order valence-electron chi connectivity index (χ0n) is 12.4. The van der Waals surface area contributed by atoms with E-state index in [-0.39, 0.29) is 0 Å². The van der Waals surface area contributed by atoms with Gasteiger partial charge in [-0.15, -0.1) is 0 Å². The number of ether oxygens (including phenoxy) is 1. The van der Waals surface area contributed by atoms with E-state index in [9.17, 15) is 0 Å². The first-order valence-corrected chi connectivity index (χ1v) is 7.58. The molecule has 1 N–H and O–H groups in total. The molecule has 112 valence electrons. The van der Waals surface area contributed by atoms with Crippen molar-refractivity contribution in [3.63, 3.8) is 0 Å². The minimum atomic E-state index is 0.645. The predicted molar refractivity (Wildman–Crippen MR) is 81.2 cm³/mol. The van der Waals surface area contributed by atoms with Gasteiger partial charge in [0.15, 0.2) is 6.67 Å². The summed E-state index contributed by atoms with van der Waals surface area (Å²) in [5, 5.41) is 8.49. The Labute approximate surface area is 128 Å². The minimum Gasteiger partial charge on any atom is -0.370 e. The van der Waals surface area contributed by atoms with Crippen LogP contribution in [0.1, 0.15) is 11.1 Å². The topological polar surface area (TPSA) is 49.3 Å². The highest BCUT2D eigenvalue weighted by atomic mass is 32.1. The second-order valence-electron chi connectivity index (χ2n) is 5.43. The summed E-state index contributed by atoms with van der Waals surface area (Å²) in [6, 6.07) is 6.17. The van der Waals surface area contributed by atoms with Gasteiger partial charge in [-0.2, -0.15) is 9.36 Å². The largest absolute Gasteiger partial charge is 0.370 e. The standard InChI is InChI=1S/C14H19N5OS/c1-11-4-3-5-12(2)13(11)19-14(21)18(15-16-19)10-17-6-8-20-9-7-17/h3-5H,6-10H2,1-2H3/p+1. The van der Waals surface area contributed by atoms with Crippen molar-refractivity contribution in [2.45, 2.75) is 20.5 Å². The summed E-state index contributed by atoms with van der Waals surface area (Å²) in [4.78, 5) is 1.42. The van der Waals surface area contributed by atoms with Crippen LogP contribution in [-0.2, 0) is 11.4 Å². The van der Waals surface area contributed by atoms with E-state index in [0.29, 0.717) is 4.77 Å². The normalized spacial score (nSPS) is 16.3. The molecule has 6 nitrogen and oxygen atoms in total. The fourth-order valence-electron chi connectivity index (χ4n) is 2.68. The van der Waals surface area contributed by atoms with Crippen molar-refractivity contribution in [2.24, 2.45) is 0 Å². The lowest BCUT2D eigenvalue weighted by Gasteiger charge is -2.22. The lowest BCUT2D eigenvalue weighted by atomic mass is 10.1. The van der Waals surface area contributed by atoms with Gasteiger partial charge in [0.2, 0.25) is 4.77 Å². The Morgan fingerprint density at radius 1 is 1.19 bits per heavy atom. The molecule has 0 saturated carbocycles. The lowest BCUT2D eigenvalue weighted by molar-refractivity contribution is -0.931. The average Bonchev–Trinajstić information content (AvgIpc) is 2.82. The van der Waals surface area contributed by atoms with Crippen LogP contribution >= 0.6 is 12.2 Å². The number of aryl methyl sites for hydroxylation is 2. The van der Waals surface area contributed by atoms with Crippen LogP contribution in [0.25, 0.3) is 5.69 Å². The fourth-order valence-corrected chi connectivity index (χ4v) is 2.91. The molecular weight excluding hydrogens is 286 g/mol. The molecule has 0 atom stereocenters. The van der Waals surface area contributed by atoms with Crippen LogP contribution in [0.4, 0.5) is 0 Å². The first kappa shape index (κ1) is 14.4. The molecule has 7 heteroatoms. The van der Waals surface area contributed by atoms with Crippen LogP contribution in [0, 0.1) is 18.6 Å². The number of benzene rings is 1. The van der Waals surface area contributed by atoms with Crippen molar-refractivity contribution in [1.29, 1.82) is 0 Å². The van der Waals surface area contributed by atoms with Gasteiger partial charge in [0.1, 0.15) is 13.1 Å². The van der Waals surface area contributed by atoms with Crippen molar-refractivity contribution in [3.05, 3.63) is 34.1 Å². The van der Waals surface area contributed by atoms with E-state index >= 15 is 0 Å². The van der Waals surface area contributed by atoms with E-state index in [4.69, 9.17) is 17.0 Å². The van der Waals surface area contributed by atoms with Gasteiger partial charge in [-0.1, -0.05) is 18.2 Å². The third-order valence-electron chi connectivity index (χ3n) is 3.86. The van der Waals surface area contributed by atoms with Gasteiger partial charge >= 0.3 is 0 Å². The first-order chi connectivity index (χ1) is 10.2. The molecule has 0 spiro atoms. The maximum atomic E-state index is 5.55. The van der Waals surface area contributed by atoms with Gasteiger partial charge in [0, 0.05) is 0 Å². The van der Waals surface area contributed by atoms with E-state index in [1.54, 1.807) is 4.68 Å². The van der Waals surface area contributed by atoms with Crippen molar-refractivity contribution in [1.82, 2.24) is 19.8 Å². The zero-order chi connectivity index (χ0) is 14.8. The molecule has 1 aliphatic heterocycles. The van der Waals surface area contributed by atoms with Gasteiger partial charge in [-0.3, -0.25) is 0 Å². The zero-order valence-corrected chi connectivity index (χ0v) is 13.2. The molecule has 2 aromatic rings. The maximum absolute atomic E-state index is 5.55. The summed E-state index contributed by atoms with van der Waals surface area (Å²) in [6.07, 6.45) is 0. The Bertz CT molecular complexity index is 667. The Hall–Kier alpha value is -1.57. The Morgan fingerprint density at radius 2 is 1.86 bits per heavy atom. The van der Waals surface area contributed by atoms with E-state index in [1.165, 1.54) is 4.90 Å². The van der Waals surface area contributed by atoms with Crippen LogP contribution in [0.5, 0.6) is 0 Å². The van der Waals surface area contributed by atoms with Gasteiger partial charge in [-0.25, -0.2) is 0 Å². The summed E-state index contributed by atoms with van der Waals surface area (Å²) in [7, 11) is 0. The Balaban J connectivity index is 1.90. The summed E-state index contributed by atoms with van der Waals surface area (Å²) < 4.78 is 9.59. The molecule has 0 amide bonds. The molecule has 1 aliphatic rings. The molecule has 21 heavy (non-hydrogen) atoms. The highest BCUT2D eigenvalue weighted by Gasteiger charge is 2.17. The molecule has 0 bridgehead atoms. The van der Waals surface area contributed by atoms with Crippen LogP contribution in [0.3, 0.4) is 0 Å². The molecule has 0 unspecified atom stereocenters. The smallest absolute Gasteiger partial charge is 0.225 e. The second-order valence-corrected chi connectivity index (χ2v) is 5.80. The summed E-state index contributed by atoms with van der Waals surface area (Å²) in [6.45, 7) is 8.44. The van der Waals surface area contributed by atoms with Crippen LogP contribution in [-0.4, -0.2) is 46.1 Å². The number of hydrogen-bond acceptors (Lipinski definition) is 4. The highest BCUT2D eigenvalue weighted by molar-refractivity contribution is 7.71. The number of hydrogen-bond donors (Lipinski definition) is 1. The number of nitrogens with zero attached hydrogens (tertiary/aromatic N) is 4. The number of rotatable bonds is 3. The van der Waals surface area contributed by atoms with Crippen molar-refractivity contribution < 1.29 is 9.64 Å². The van der Waals surface area contributed by atoms with Gasteiger partial charge in [0.25, 0.3) is 0 Å². The quantitative estimate of drug-likeness (QED) is 0.828. The van der Waals surface area contributed by atoms with Gasteiger partial charge in [-0.05, 0) is 47.6 Å². The molecule has 0 radical (unpaired) electrons. The number of quaternary nitrogens is 1. The number of nitrogens with one attached hydrogen (secondary N) is 1. The average molecular weight is 306 g/mol. The molecule has 2 heterocycles. The van der Waals surface area contributed by atoms with Crippen molar-refractivity contribution >= 4 is 12.2 Å². The van der Waals surface area contributed by atoms with Crippen molar-refractivity contribution in [3.8, 4) is 5.69 Å². The van der Waals surface area contributed by atoms with Crippen LogP contribution in [0.15, 0.2) is 18.2 Å². The van der Waals surface area contributed by atoms with E-state index in [1.807, 2.05) is 10.7 Å². The number of para-hydroxylation sites is 1. The predicted octanol–water partition coefficient (Wildman–Crippen LogP) is 0.288. The molecule has 3 rings (SSSR count). The Morgan fingerprint density at radius 3 is 2.52 bits per heavy atom. The van der Waals surface area contributed by atoms with E-state index in [2.05, 4.69) is 36.4 Å². The molecule has 1 aromatic carbocycles. The van der Waals surface area contributed by atoms with E-state index < -0.39 is 0 Å². The lowest BCUT2D eigenvalue weighted by Crippen LogP contribution is -3.13. The third-order valence-corrected chi connectivity index (χ3v) is 4.25. The van der Waals surface area contributed by atoms with Crippen molar-refractivity contribution in [2.75, 3.05) is 26.3 Å². The molecule has 1 saturated heterocycles. The monoisotopic (exact) mass is 306 g/mol. The summed E-state index contributed by atoms with van der Waals surface area (Å²) in [5.74, 6) is 0. The fraction of sp³-hybridized carbons (Fsp3) is 0.500. The SMILES string of the molecule is Cc1cccc(C)c1-n1nnn(C[NH+]2CCOCC2)c1=S. The number of morpholine rings is 1. The van der Waals surface area contributed by atoms with Gasteiger partial charge in [0.05, 0.1) is 18.9 Å².